The molecule has 0 radical (unpaired) electrons. The molecular weight excluding hydrogens is 220 g/mol. The van der Waals surface area contributed by atoms with E-state index in [0.717, 1.165) is 5.02 Å². The molecule has 0 bridgehead atoms. The van der Waals surface area contributed by atoms with E-state index in [2.05, 4.69) is 50.3 Å². The average Bonchev–Trinajstić information content (AvgIpc) is 2.21. The summed E-state index contributed by atoms with van der Waals surface area (Å²) < 4.78 is 0. The lowest BCUT2D eigenvalue weighted by molar-refractivity contribution is 0.142. The third-order valence-corrected chi connectivity index (χ3v) is 3.60. The monoisotopic (exact) mass is 240 g/mol. The standard InChI is InChI=1S/C13H21ClN2/c1-13(2,16(4)5)12(15-3)10-6-8-11(14)9-7-10/h6-9,12,15H,1-5H3. The molecule has 1 atom stereocenters. The molecule has 1 unspecified atom stereocenters. The fourth-order valence-corrected chi connectivity index (χ4v) is 1.97. The molecule has 0 saturated heterocycles. The molecule has 0 aliphatic heterocycles. The van der Waals surface area contributed by atoms with Gasteiger partial charge in [0.05, 0.1) is 0 Å². The molecule has 2 nitrogen and oxygen atoms in total. The van der Waals surface area contributed by atoms with Crippen molar-refractivity contribution in [2.24, 2.45) is 0 Å². The van der Waals surface area contributed by atoms with Crippen LogP contribution in [0.15, 0.2) is 24.3 Å². The van der Waals surface area contributed by atoms with Gasteiger partial charge in [-0.1, -0.05) is 23.7 Å². The molecule has 0 heterocycles. The van der Waals surface area contributed by atoms with Crippen LogP contribution in [0.2, 0.25) is 5.02 Å². The van der Waals surface area contributed by atoms with Crippen LogP contribution in [0.4, 0.5) is 0 Å². The predicted molar refractivity (Wildman–Crippen MR) is 71.0 cm³/mol. The van der Waals surface area contributed by atoms with E-state index in [9.17, 15) is 0 Å². The highest BCUT2D eigenvalue weighted by Crippen LogP contribution is 2.29. The van der Waals surface area contributed by atoms with E-state index in [-0.39, 0.29) is 11.6 Å². The third-order valence-electron chi connectivity index (χ3n) is 3.35. The minimum absolute atomic E-state index is 0.0442. The van der Waals surface area contributed by atoms with Gasteiger partial charge in [-0.25, -0.2) is 0 Å². The number of rotatable bonds is 4. The number of halogens is 1. The summed E-state index contributed by atoms with van der Waals surface area (Å²) in [6.07, 6.45) is 0. The van der Waals surface area contributed by atoms with E-state index >= 15 is 0 Å². The number of likely N-dealkylation sites (N-methyl/N-ethyl adjacent to an activating group) is 2. The highest BCUT2D eigenvalue weighted by molar-refractivity contribution is 6.30. The van der Waals surface area contributed by atoms with Crippen LogP contribution in [0.1, 0.15) is 25.5 Å². The summed E-state index contributed by atoms with van der Waals surface area (Å²) in [5, 5.41) is 4.15. The maximum Gasteiger partial charge on any atom is 0.0499 e. The van der Waals surface area contributed by atoms with E-state index in [4.69, 9.17) is 11.6 Å². The fraction of sp³-hybridized carbons (Fsp3) is 0.538. The fourth-order valence-electron chi connectivity index (χ4n) is 1.84. The van der Waals surface area contributed by atoms with Gasteiger partial charge in [0.25, 0.3) is 0 Å². The molecule has 1 aromatic carbocycles. The summed E-state index contributed by atoms with van der Waals surface area (Å²) in [6.45, 7) is 4.45. The number of nitrogens with zero attached hydrogens (tertiary/aromatic N) is 1. The molecule has 1 N–H and O–H groups in total. The van der Waals surface area contributed by atoms with E-state index in [1.54, 1.807) is 0 Å². The number of benzene rings is 1. The van der Waals surface area contributed by atoms with Crippen LogP contribution in [-0.4, -0.2) is 31.6 Å². The first-order valence-corrected chi connectivity index (χ1v) is 5.87. The van der Waals surface area contributed by atoms with Crippen LogP contribution in [0.25, 0.3) is 0 Å². The van der Waals surface area contributed by atoms with Gasteiger partial charge < -0.3 is 10.2 Å². The molecule has 0 aliphatic rings. The number of nitrogens with one attached hydrogen (secondary N) is 1. The van der Waals surface area contributed by atoms with Gasteiger partial charge in [-0.3, -0.25) is 0 Å². The Kier molecular flexibility index (Phi) is 4.36. The summed E-state index contributed by atoms with van der Waals surface area (Å²) in [6, 6.07) is 8.31. The minimum Gasteiger partial charge on any atom is -0.311 e. The van der Waals surface area contributed by atoms with Crippen LogP contribution >= 0.6 is 11.6 Å². The molecule has 0 fully saturated rings. The van der Waals surface area contributed by atoms with Crippen molar-refractivity contribution in [3.8, 4) is 0 Å². The zero-order valence-electron chi connectivity index (χ0n) is 10.7. The van der Waals surface area contributed by atoms with Crippen LogP contribution in [0.5, 0.6) is 0 Å². The predicted octanol–water partition coefficient (Wildman–Crippen LogP) is 2.94. The maximum atomic E-state index is 5.91. The first-order chi connectivity index (χ1) is 7.39. The van der Waals surface area contributed by atoms with Crippen molar-refractivity contribution in [2.45, 2.75) is 25.4 Å². The van der Waals surface area contributed by atoms with Gasteiger partial charge in [-0.15, -0.1) is 0 Å². The van der Waals surface area contributed by atoms with Gasteiger partial charge in [0.15, 0.2) is 0 Å². The molecule has 0 spiro atoms. The van der Waals surface area contributed by atoms with E-state index in [0.29, 0.717) is 0 Å². The molecule has 0 aromatic heterocycles. The van der Waals surface area contributed by atoms with Gasteiger partial charge in [0.1, 0.15) is 0 Å². The lowest BCUT2D eigenvalue weighted by Crippen LogP contribution is -2.48. The van der Waals surface area contributed by atoms with E-state index < -0.39 is 0 Å². The third kappa shape index (κ3) is 2.76. The summed E-state index contributed by atoms with van der Waals surface area (Å²) in [5.41, 5.74) is 1.30. The van der Waals surface area contributed by atoms with E-state index in [1.807, 2.05) is 19.2 Å². The van der Waals surface area contributed by atoms with Crippen LogP contribution < -0.4 is 5.32 Å². The van der Waals surface area contributed by atoms with Gasteiger partial charge >= 0.3 is 0 Å². The van der Waals surface area contributed by atoms with Crippen molar-refractivity contribution >= 4 is 11.6 Å². The first kappa shape index (κ1) is 13.5. The molecule has 0 saturated carbocycles. The summed E-state index contributed by atoms with van der Waals surface area (Å²) in [5.74, 6) is 0. The minimum atomic E-state index is 0.0442. The molecule has 3 heteroatoms. The van der Waals surface area contributed by atoms with E-state index in [1.165, 1.54) is 5.56 Å². The smallest absolute Gasteiger partial charge is 0.0499 e. The largest absolute Gasteiger partial charge is 0.311 e. The van der Waals surface area contributed by atoms with Crippen molar-refractivity contribution in [1.82, 2.24) is 10.2 Å². The Bertz CT molecular complexity index is 330. The molecule has 1 aromatic rings. The zero-order valence-corrected chi connectivity index (χ0v) is 11.5. The quantitative estimate of drug-likeness (QED) is 0.871. The van der Waals surface area contributed by atoms with Gasteiger partial charge in [0.2, 0.25) is 0 Å². The van der Waals surface area contributed by atoms with Crippen LogP contribution in [0.3, 0.4) is 0 Å². The molecule has 0 aliphatic carbocycles. The summed E-state index contributed by atoms with van der Waals surface area (Å²) >= 11 is 5.91. The molecule has 0 amide bonds. The SMILES string of the molecule is CNC(c1ccc(Cl)cc1)C(C)(C)N(C)C. The summed E-state index contributed by atoms with van der Waals surface area (Å²) in [4.78, 5) is 2.22. The van der Waals surface area contributed by atoms with Crippen molar-refractivity contribution in [2.75, 3.05) is 21.1 Å². The topological polar surface area (TPSA) is 15.3 Å². The van der Waals surface area contributed by atoms with Gasteiger partial charge in [-0.2, -0.15) is 0 Å². The second kappa shape index (κ2) is 5.17. The Morgan fingerprint density at radius 3 is 2.06 bits per heavy atom. The Morgan fingerprint density at radius 1 is 1.19 bits per heavy atom. The van der Waals surface area contributed by atoms with Gasteiger partial charge in [-0.05, 0) is 52.7 Å². The Morgan fingerprint density at radius 2 is 1.69 bits per heavy atom. The molecular formula is C13H21ClN2. The normalized spacial score (nSPS) is 14.2. The van der Waals surface area contributed by atoms with Crippen molar-refractivity contribution in [3.05, 3.63) is 34.9 Å². The Hall–Kier alpha value is -0.570. The lowest BCUT2D eigenvalue weighted by atomic mass is 9.87. The molecule has 90 valence electrons. The summed E-state index contributed by atoms with van der Waals surface area (Å²) in [7, 11) is 6.19. The van der Waals surface area contributed by atoms with Crippen LogP contribution in [0, 0.1) is 0 Å². The van der Waals surface area contributed by atoms with Crippen molar-refractivity contribution in [3.63, 3.8) is 0 Å². The molecule has 16 heavy (non-hydrogen) atoms. The first-order valence-electron chi connectivity index (χ1n) is 5.49. The zero-order chi connectivity index (χ0) is 12.3. The second-order valence-electron chi connectivity index (χ2n) is 4.82. The number of hydrogen-bond donors (Lipinski definition) is 1. The second-order valence-corrected chi connectivity index (χ2v) is 5.26. The highest BCUT2D eigenvalue weighted by Gasteiger charge is 2.31. The average molecular weight is 241 g/mol. The highest BCUT2D eigenvalue weighted by atomic mass is 35.5. The Labute approximate surface area is 104 Å². The maximum absolute atomic E-state index is 5.91. The van der Waals surface area contributed by atoms with Crippen molar-refractivity contribution in [1.29, 1.82) is 0 Å². The molecule has 1 rings (SSSR count). The number of hydrogen-bond acceptors (Lipinski definition) is 2. The van der Waals surface area contributed by atoms with Crippen molar-refractivity contribution < 1.29 is 0 Å². The lowest BCUT2D eigenvalue weighted by Gasteiger charge is -2.40. The van der Waals surface area contributed by atoms with Gasteiger partial charge in [0, 0.05) is 16.6 Å². The van der Waals surface area contributed by atoms with Crippen LogP contribution in [-0.2, 0) is 0 Å². The Balaban J connectivity index is 3.03.